The van der Waals surface area contributed by atoms with Crippen LogP contribution in [0.2, 0.25) is 0 Å². The highest BCUT2D eigenvalue weighted by Crippen LogP contribution is 2.19. The second-order valence-electron chi connectivity index (χ2n) is 5.65. The fourth-order valence-electron chi connectivity index (χ4n) is 2.28. The van der Waals surface area contributed by atoms with Crippen molar-refractivity contribution in [3.05, 3.63) is 47.3 Å². The molecule has 0 amide bonds. The van der Waals surface area contributed by atoms with Gasteiger partial charge in [0.1, 0.15) is 0 Å². The third-order valence-corrected chi connectivity index (χ3v) is 3.78. The van der Waals surface area contributed by atoms with Crippen LogP contribution in [0.25, 0.3) is 0 Å². The highest BCUT2D eigenvalue weighted by Gasteiger charge is 2.21. The Morgan fingerprint density at radius 3 is 2.57 bits per heavy atom. The first kappa shape index (κ1) is 14.1. The summed E-state index contributed by atoms with van der Waals surface area (Å²) in [6.45, 7) is 4.90. The van der Waals surface area contributed by atoms with Gasteiger partial charge in [0.2, 0.25) is 0 Å². The van der Waals surface area contributed by atoms with Crippen molar-refractivity contribution in [2.24, 2.45) is 0 Å². The minimum atomic E-state index is 0.579. The molecule has 0 aliphatic heterocycles. The molecule has 1 heterocycles. The van der Waals surface area contributed by atoms with Crippen molar-refractivity contribution >= 4 is 23.0 Å². The van der Waals surface area contributed by atoms with E-state index >= 15 is 0 Å². The van der Waals surface area contributed by atoms with E-state index in [0.29, 0.717) is 11.2 Å². The van der Waals surface area contributed by atoms with Gasteiger partial charge in [0.05, 0.1) is 12.2 Å². The first-order chi connectivity index (χ1) is 10.1. The Morgan fingerprint density at radius 2 is 2.00 bits per heavy atom. The van der Waals surface area contributed by atoms with Gasteiger partial charge in [0.25, 0.3) is 0 Å². The zero-order valence-corrected chi connectivity index (χ0v) is 13.2. The van der Waals surface area contributed by atoms with Crippen LogP contribution in [0, 0.1) is 13.8 Å². The van der Waals surface area contributed by atoms with Crippen LogP contribution in [-0.2, 0) is 6.54 Å². The fourth-order valence-corrected chi connectivity index (χ4v) is 2.57. The summed E-state index contributed by atoms with van der Waals surface area (Å²) in [5.41, 5.74) is 4.49. The van der Waals surface area contributed by atoms with E-state index in [4.69, 9.17) is 12.2 Å². The first-order valence-electron chi connectivity index (χ1n) is 7.28. The number of rotatable bonds is 4. The molecule has 21 heavy (non-hydrogen) atoms. The van der Waals surface area contributed by atoms with Gasteiger partial charge in [-0.15, -0.1) is 0 Å². The molecule has 2 aromatic rings. The summed E-state index contributed by atoms with van der Waals surface area (Å²) in [6, 6.07) is 11.0. The van der Waals surface area contributed by atoms with Crippen LogP contribution in [0.1, 0.15) is 29.8 Å². The van der Waals surface area contributed by atoms with Crippen molar-refractivity contribution in [1.29, 1.82) is 0 Å². The maximum atomic E-state index is 5.27. The molecular formula is C16H20N4S. The van der Waals surface area contributed by atoms with Crippen molar-refractivity contribution in [2.45, 2.75) is 39.3 Å². The molecule has 0 unspecified atom stereocenters. The number of thiocarbonyl (C=S) groups is 1. The van der Waals surface area contributed by atoms with Gasteiger partial charge >= 0.3 is 0 Å². The highest BCUT2D eigenvalue weighted by atomic mass is 32.1. The van der Waals surface area contributed by atoms with Crippen molar-refractivity contribution < 1.29 is 0 Å². The molecule has 2 N–H and O–H groups in total. The molecule has 0 saturated heterocycles. The molecule has 0 spiro atoms. The zero-order chi connectivity index (χ0) is 14.8. The molecule has 1 fully saturated rings. The van der Waals surface area contributed by atoms with Crippen molar-refractivity contribution in [1.82, 2.24) is 15.1 Å². The van der Waals surface area contributed by atoms with Crippen molar-refractivity contribution in [2.75, 3.05) is 5.32 Å². The quantitative estimate of drug-likeness (QED) is 0.852. The third kappa shape index (κ3) is 3.82. The van der Waals surface area contributed by atoms with Crippen LogP contribution in [0.3, 0.4) is 0 Å². The molecule has 1 aromatic carbocycles. The van der Waals surface area contributed by atoms with Crippen LogP contribution < -0.4 is 10.6 Å². The summed E-state index contributed by atoms with van der Waals surface area (Å²) in [4.78, 5) is 0. The summed E-state index contributed by atoms with van der Waals surface area (Å²) in [5.74, 6) is 0. The van der Waals surface area contributed by atoms with E-state index in [2.05, 4.69) is 53.0 Å². The Bertz CT molecular complexity index is 641. The van der Waals surface area contributed by atoms with Crippen LogP contribution >= 0.6 is 12.2 Å². The van der Waals surface area contributed by atoms with Crippen LogP contribution in [0.4, 0.5) is 5.69 Å². The number of anilines is 1. The van der Waals surface area contributed by atoms with Gasteiger partial charge in [-0.05, 0) is 62.7 Å². The van der Waals surface area contributed by atoms with Gasteiger partial charge in [-0.3, -0.25) is 4.68 Å². The minimum Gasteiger partial charge on any atom is -0.360 e. The van der Waals surface area contributed by atoms with Crippen LogP contribution in [-0.4, -0.2) is 20.9 Å². The second-order valence-corrected chi connectivity index (χ2v) is 6.06. The minimum absolute atomic E-state index is 0.579. The molecule has 1 aliphatic rings. The molecule has 1 aliphatic carbocycles. The smallest absolute Gasteiger partial charge is 0.170 e. The molecule has 0 radical (unpaired) electrons. The maximum Gasteiger partial charge on any atom is 0.170 e. The number of hydrogen-bond acceptors (Lipinski definition) is 2. The fraction of sp³-hybridized carbons (Fsp3) is 0.375. The van der Waals surface area contributed by atoms with E-state index in [1.165, 1.54) is 24.1 Å². The molecule has 110 valence electrons. The van der Waals surface area contributed by atoms with E-state index in [0.717, 1.165) is 17.9 Å². The standard InChI is InChI=1S/C16H20N4S/c1-11-9-12(2)20(19-11)10-13-3-5-14(6-4-13)17-16(21)18-15-7-8-15/h3-6,9,15H,7-8,10H2,1-2H3,(H2,17,18,21). The lowest BCUT2D eigenvalue weighted by Gasteiger charge is -2.10. The van der Waals surface area contributed by atoms with Gasteiger partial charge in [-0.1, -0.05) is 12.1 Å². The number of aromatic nitrogens is 2. The molecule has 4 nitrogen and oxygen atoms in total. The lowest BCUT2D eigenvalue weighted by molar-refractivity contribution is 0.659. The molecule has 1 saturated carbocycles. The van der Waals surface area contributed by atoms with Gasteiger partial charge in [-0.25, -0.2) is 0 Å². The van der Waals surface area contributed by atoms with Crippen molar-refractivity contribution in [3.8, 4) is 0 Å². The number of nitrogens with zero attached hydrogens (tertiary/aromatic N) is 2. The third-order valence-electron chi connectivity index (χ3n) is 3.56. The monoisotopic (exact) mass is 300 g/mol. The number of hydrogen-bond donors (Lipinski definition) is 2. The lowest BCUT2D eigenvalue weighted by Crippen LogP contribution is -2.30. The van der Waals surface area contributed by atoms with E-state index in [9.17, 15) is 0 Å². The Balaban J connectivity index is 1.60. The maximum absolute atomic E-state index is 5.27. The molecule has 0 bridgehead atoms. The Kier molecular flexibility index (Phi) is 3.92. The van der Waals surface area contributed by atoms with Crippen LogP contribution in [0.5, 0.6) is 0 Å². The number of nitrogens with one attached hydrogen (secondary N) is 2. The topological polar surface area (TPSA) is 41.9 Å². The summed E-state index contributed by atoms with van der Waals surface area (Å²) >= 11 is 5.27. The number of benzene rings is 1. The van der Waals surface area contributed by atoms with Gasteiger partial charge < -0.3 is 10.6 Å². The lowest BCUT2D eigenvalue weighted by atomic mass is 10.2. The van der Waals surface area contributed by atoms with E-state index in [-0.39, 0.29) is 0 Å². The first-order valence-corrected chi connectivity index (χ1v) is 7.68. The second kappa shape index (κ2) is 5.85. The van der Waals surface area contributed by atoms with E-state index < -0.39 is 0 Å². The van der Waals surface area contributed by atoms with Gasteiger partial charge in [-0.2, -0.15) is 5.10 Å². The predicted molar refractivity (Wildman–Crippen MR) is 89.6 cm³/mol. The summed E-state index contributed by atoms with van der Waals surface area (Å²) in [6.07, 6.45) is 2.45. The zero-order valence-electron chi connectivity index (χ0n) is 12.4. The molecular weight excluding hydrogens is 280 g/mol. The van der Waals surface area contributed by atoms with Crippen LogP contribution in [0.15, 0.2) is 30.3 Å². The normalized spacial score (nSPS) is 14.0. The molecule has 3 rings (SSSR count). The largest absolute Gasteiger partial charge is 0.360 e. The average molecular weight is 300 g/mol. The number of aryl methyl sites for hydroxylation is 2. The summed E-state index contributed by atoms with van der Waals surface area (Å²) in [5, 5.41) is 11.7. The Morgan fingerprint density at radius 1 is 1.29 bits per heavy atom. The summed E-state index contributed by atoms with van der Waals surface area (Å²) in [7, 11) is 0. The predicted octanol–water partition coefficient (Wildman–Crippen LogP) is 3.00. The molecule has 1 aromatic heterocycles. The molecule has 5 heteroatoms. The van der Waals surface area contributed by atoms with E-state index in [1.807, 2.05) is 11.6 Å². The average Bonchev–Trinajstić information content (AvgIpc) is 3.18. The van der Waals surface area contributed by atoms with E-state index in [1.54, 1.807) is 0 Å². The van der Waals surface area contributed by atoms with Gasteiger partial charge in [0, 0.05) is 17.4 Å². The highest BCUT2D eigenvalue weighted by molar-refractivity contribution is 7.80. The van der Waals surface area contributed by atoms with Gasteiger partial charge in [0.15, 0.2) is 5.11 Å². The summed E-state index contributed by atoms with van der Waals surface area (Å²) < 4.78 is 2.02. The van der Waals surface area contributed by atoms with Crippen molar-refractivity contribution in [3.63, 3.8) is 0 Å². The SMILES string of the molecule is Cc1cc(C)n(Cc2ccc(NC(=S)NC3CC3)cc2)n1. The Hall–Kier alpha value is -1.88. The molecule has 0 atom stereocenters. The Labute approximate surface area is 130 Å².